The molecule has 1 unspecified atom stereocenters. The van der Waals surface area contributed by atoms with Gasteiger partial charge < -0.3 is 15.2 Å². The lowest BCUT2D eigenvalue weighted by molar-refractivity contribution is 0.0903. The number of ether oxygens (including phenoxy) is 1. The molecule has 0 aliphatic rings. The van der Waals surface area contributed by atoms with Crippen LogP contribution in [0.1, 0.15) is 46.0 Å². The Bertz CT molecular complexity index is 120. The third-order valence-electron chi connectivity index (χ3n) is 2.53. The maximum Gasteiger partial charge on any atom is 0.0697 e. The van der Waals surface area contributed by atoms with Gasteiger partial charge in [-0.1, -0.05) is 26.7 Å². The summed E-state index contributed by atoms with van der Waals surface area (Å²) in [5, 5.41) is 12.0. The number of hydrogen-bond acceptors (Lipinski definition) is 3. The van der Waals surface area contributed by atoms with Crippen LogP contribution < -0.4 is 5.32 Å². The normalized spacial score (nSPS) is 13.0. The fraction of sp³-hybridized carbons (Fsp3) is 1.00. The lowest BCUT2D eigenvalue weighted by Gasteiger charge is -2.16. The Morgan fingerprint density at radius 2 is 2.00 bits per heavy atom. The molecule has 0 aromatic heterocycles. The summed E-state index contributed by atoms with van der Waals surface area (Å²) in [6.45, 7) is 6.82. The lowest BCUT2D eigenvalue weighted by Crippen LogP contribution is -2.29. The largest absolute Gasteiger partial charge is 0.394 e. The molecule has 0 bridgehead atoms. The van der Waals surface area contributed by atoms with Crippen molar-refractivity contribution in [1.29, 1.82) is 0 Å². The van der Waals surface area contributed by atoms with Crippen molar-refractivity contribution >= 4 is 0 Å². The first-order chi connectivity index (χ1) is 7.35. The fourth-order valence-corrected chi connectivity index (χ4v) is 1.55. The van der Waals surface area contributed by atoms with Gasteiger partial charge in [-0.25, -0.2) is 0 Å². The van der Waals surface area contributed by atoms with E-state index in [1.54, 1.807) is 0 Å². The summed E-state index contributed by atoms with van der Waals surface area (Å²) in [5.74, 6) is 0. The Morgan fingerprint density at radius 3 is 2.60 bits per heavy atom. The van der Waals surface area contributed by atoms with Crippen molar-refractivity contribution in [3.05, 3.63) is 0 Å². The lowest BCUT2D eigenvalue weighted by atomic mass is 10.1. The van der Waals surface area contributed by atoms with E-state index in [-0.39, 0.29) is 6.61 Å². The van der Waals surface area contributed by atoms with Gasteiger partial charge in [-0.2, -0.15) is 0 Å². The van der Waals surface area contributed by atoms with E-state index >= 15 is 0 Å². The quantitative estimate of drug-likeness (QED) is 0.520. The summed E-state index contributed by atoms with van der Waals surface area (Å²) in [4.78, 5) is 0. The predicted octanol–water partition coefficient (Wildman–Crippen LogP) is 1.94. The molecule has 0 aliphatic heterocycles. The van der Waals surface area contributed by atoms with Crippen LogP contribution in [0.2, 0.25) is 0 Å². The number of aliphatic hydroxyl groups excluding tert-OH is 1. The molecule has 0 saturated carbocycles. The summed E-state index contributed by atoms with van der Waals surface area (Å²) >= 11 is 0. The molecule has 0 rings (SSSR count). The molecule has 3 nitrogen and oxygen atoms in total. The highest BCUT2D eigenvalue weighted by molar-refractivity contribution is 4.64. The monoisotopic (exact) mass is 217 g/mol. The van der Waals surface area contributed by atoms with E-state index in [0.717, 1.165) is 19.6 Å². The molecule has 0 heterocycles. The van der Waals surface area contributed by atoms with Gasteiger partial charge in [0, 0.05) is 12.6 Å². The van der Waals surface area contributed by atoms with Gasteiger partial charge in [0.2, 0.25) is 0 Å². The van der Waals surface area contributed by atoms with E-state index < -0.39 is 0 Å². The van der Waals surface area contributed by atoms with Crippen LogP contribution in [-0.2, 0) is 4.74 Å². The average molecular weight is 217 g/mol. The summed E-state index contributed by atoms with van der Waals surface area (Å²) in [7, 11) is 0. The molecule has 92 valence electrons. The summed E-state index contributed by atoms with van der Waals surface area (Å²) in [5.41, 5.74) is 0. The van der Waals surface area contributed by atoms with Gasteiger partial charge >= 0.3 is 0 Å². The molecule has 15 heavy (non-hydrogen) atoms. The predicted molar refractivity (Wildman–Crippen MR) is 64.1 cm³/mol. The van der Waals surface area contributed by atoms with Crippen LogP contribution in [0.4, 0.5) is 0 Å². The molecule has 0 radical (unpaired) electrons. The molecule has 1 atom stereocenters. The van der Waals surface area contributed by atoms with Crippen LogP contribution in [0.3, 0.4) is 0 Å². The summed E-state index contributed by atoms with van der Waals surface area (Å²) in [6, 6.07) is 0.669. The van der Waals surface area contributed by atoms with Gasteiger partial charge in [0.1, 0.15) is 0 Å². The topological polar surface area (TPSA) is 41.5 Å². The van der Waals surface area contributed by atoms with Gasteiger partial charge in [0.25, 0.3) is 0 Å². The van der Waals surface area contributed by atoms with E-state index in [1.165, 1.54) is 25.7 Å². The van der Waals surface area contributed by atoms with E-state index in [1.807, 2.05) is 0 Å². The second kappa shape index (κ2) is 12.0. The molecule has 0 aromatic carbocycles. The van der Waals surface area contributed by atoms with Crippen molar-refractivity contribution < 1.29 is 9.84 Å². The Morgan fingerprint density at radius 1 is 1.20 bits per heavy atom. The zero-order chi connectivity index (χ0) is 11.4. The average Bonchev–Trinajstić information content (AvgIpc) is 2.27. The van der Waals surface area contributed by atoms with Gasteiger partial charge in [0.15, 0.2) is 0 Å². The third-order valence-corrected chi connectivity index (χ3v) is 2.53. The highest BCUT2D eigenvalue weighted by Crippen LogP contribution is 2.03. The van der Waals surface area contributed by atoms with E-state index in [4.69, 9.17) is 9.84 Å². The van der Waals surface area contributed by atoms with Crippen LogP contribution >= 0.6 is 0 Å². The Hall–Kier alpha value is -0.120. The van der Waals surface area contributed by atoms with Crippen LogP contribution in [0, 0.1) is 0 Å². The minimum atomic E-state index is 0.127. The Balaban J connectivity index is 3.22. The van der Waals surface area contributed by atoms with Crippen molar-refractivity contribution in [2.24, 2.45) is 0 Å². The molecule has 3 heteroatoms. The number of hydrogen-bond donors (Lipinski definition) is 2. The zero-order valence-corrected chi connectivity index (χ0v) is 10.3. The molecule has 2 N–H and O–H groups in total. The fourth-order valence-electron chi connectivity index (χ4n) is 1.55. The summed E-state index contributed by atoms with van der Waals surface area (Å²) < 4.78 is 5.19. The van der Waals surface area contributed by atoms with Crippen molar-refractivity contribution in [2.75, 3.05) is 26.4 Å². The van der Waals surface area contributed by atoms with Crippen molar-refractivity contribution in [3.63, 3.8) is 0 Å². The SMILES string of the molecule is CCCCC(CC)NCCCOCCO. The van der Waals surface area contributed by atoms with Gasteiger partial charge in [0.05, 0.1) is 13.2 Å². The Labute approximate surface area is 94.2 Å². The highest BCUT2D eigenvalue weighted by atomic mass is 16.5. The minimum absolute atomic E-state index is 0.127. The molecule has 0 aliphatic carbocycles. The molecule has 0 fully saturated rings. The maximum absolute atomic E-state index is 8.51. The van der Waals surface area contributed by atoms with Gasteiger partial charge in [-0.3, -0.25) is 0 Å². The first-order valence-corrected chi connectivity index (χ1v) is 6.27. The van der Waals surface area contributed by atoms with E-state index in [9.17, 15) is 0 Å². The summed E-state index contributed by atoms with van der Waals surface area (Å²) in [6.07, 6.45) is 6.11. The van der Waals surface area contributed by atoms with Crippen LogP contribution in [-0.4, -0.2) is 37.5 Å². The van der Waals surface area contributed by atoms with Gasteiger partial charge in [-0.15, -0.1) is 0 Å². The van der Waals surface area contributed by atoms with Crippen molar-refractivity contribution in [3.8, 4) is 0 Å². The molecular weight excluding hydrogens is 190 g/mol. The van der Waals surface area contributed by atoms with Crippen molar-refractivity contribution in [2.45, 2.75) is 52.0 Å². The Kier molecular flexibility index (Phi) is 11.9. The number of aliphatic hydroxyl groups is 1. The van der Waals surface area contributed by atoms with E-state index in [0.29, 0.717) is 12.6 Å². The zero-order valence-electron chi connectivity index (χ0n) is 10.3. The number of nitrogens with one attached hydrogen (secondary N) is 1. The minimum Gasteiger partial charge on any atom is -0.394 e. The first kappa shape index (κ1) is 14.9. The molecule has 0 spiro atoms. The molecule has 0 aromatic rings. The second-order valence-electron chi connectivity index (χ2n) is 3.89. The molecule has 0 saturated heterocycles. The number of rotatable bonds is 11. The van der Waals surface area contributed by atoms with Crippen LogP contribution in [0.15, 0.2) is 0 Å². The second-order valence-corrected chi connectivity index (χ2v) is 3.89. The third kappa shape index (κ3) is 10.2. The standard InChI is InChI=1S/C12H27NO2/c1-3-5-7-12(4-2)13-8-6-10-15-11-9-14/h12-14H,3-11H2,1-2H3. The van der Waals surface area contributed by atoms with Gasteiger partial charge in [-0.05, 0) is 25.8 Å². The smallest absolute Gasteiger partial charge is 0.0697 e. The molecular formula is C12H27NO2. The van der Waals surface area contributed by atoms with Crippen molar-refractivity contribution in [1.82, 2.24) is 5.32 Å². The first-order valence-electron chi connectivity index (χ1n) is 6.27. The maximum atomic E-state index is 8.51. The molecule has 0 amide bonds. The van der Waals surface area contributed by atoms with Crippen LogP contribution in [0.5, 0.6) is 0 Å². The van der Waals surface area contributed by atoms with Crippen LogP contribution in [0.25, 0.3) is 0 Å². The highest BCUT2D eigenvalue weighted by Gasteiger charge is 2.03. The number of unbranched alkanes of at least 4 members (excludes halogenated alkanes) is 1. The van der Waals surface area contributed by atoms with E-state index in [2.05, 4.69) is 19.2 Å².